The van der Waals surface area contributed by atoms with Crippen LogP contribution in [-0.2, 0) is 11.3 Å². The standard InChI is InChI=1S/C24H32N2O3/c1-4-24(14-16-7-5-8-17(24)13-16)22(28)25-20-10-6-9-19-18(20)11-12-26(21(19)27)15-23(2,3)29/h6,9-12,16-17,29H,4-5,7-8,13-15H2,1-3H3,(H,25,28)/t16-,17-,24+/m0/s1. The van der Waals surface area contributed by atoms with Gasteiger partial charge in [-0.2, -0.15) is 0 Å². The van der Waals surface area contributed by atoms with Gasteiger partial charge in [0.1, 0.15) is 0 Å². The van der Waals surface area contributed by atoms with Gasteiger partial charge >= 0.3 is 0 Å². The van der Waals surface area contributed by atoms with Gasteiger partial charge in [0.2, 0.25) is 5.91 Å². The van der Waals surface area contributed by atoms with Gasteiger partial charge < -0.3 is 15.0 Å². The smallest absolute Gasteiger partial charge is 0.258 e. The van der Waals surface area contributed by atoms with Crippen LogP contribution in [0.3, 0.4) is 0 Å². The van der Waals surface area contributed by atoms with Crippen LogP contribution in [0.15, 0.2) is 35.3 Å². The monoisotopic (exact) mass is 396 g/mol. The van der Waals surface area contributed by atoms with E-state index in [9.17, 15) is 14.7 Å². The van der Waals surface area contributed by atoms with Crippen LogP contribution in [0.5, 0.6) is 0 Å². The summed E-state index contributed by atoms with van der Waals surface area (Å²) in [6, 6.07) is 7.35. The molecule has 2 N–H and O–H groups in total. The van der Waals surface area contributed by atoms with Gasteiger partial charge in [0.25, 0.3) is 5.56 Å². The highest BCUT2D eigenvalue weighted by Gasteiger charge is 2.52. The van der Waals surface area contributed by atoms with Gasteiger partial charge in [0, 0.05) is 22.7 Å². The van der Waals surface area contributed by atoms with E-state index >= 15 is 0 Å². The molecule has 1 heterocycles. The zero-order chi connectivity index (χ0) is 20.8. The summed E-state index contributed by atoms with van der Waals surface area (Å²) in [5, 5.41) is 14.6. The van der Waals surface area contributed by atoms with Gasteiger partial charge in [0.05, 0.1) is 17.6 Å². The van der Waals surface area contributed by atoms with E-state index in [1.807, 2.05) is 18.2 Å². The van der Waals surface area contributed by atoms with Gasteiger partial charge in [-0.05, 0) is 69.6 Å². The van der Waals surface area contributed by atoms with E-state index in [0.29, 0.717) is 22.9 Å². The number of carbonyl (C=O) groups is 1. The van der Waals surface area contributed by atoms with E-state index in [1.165, 1.54) is 23.8 Å². The minimum absolute atomic E-state index is 0.113. The molecule has 5 nitrogen and oxygen atoms in total. The van der Waals surface area contributed by atoms with Crippen molar-refractivity contribution in [2.24, 2.45) is 17.3 Å². The average molecular weight is 397 g/mol. The topological polar surface area (TPSA) is 71.3 Å². The highest BCUT2D eigenvalue weighted by atomic mass is 16.3. The Morgan fingerprint density at radius 1 is 1.28 bits per heavy atom. The lowest BCUT2D eigenvalue weighted by molar-refractivity contribution is -0.128. The summed E-state index contributed by atoms with van der Waals surface area (Å²) in [6.07, 6.45) is 8.37. The van der Waals surface area contributed by atoms with Crippen LogP contribution in [0.2, 0.25) is 0 Å². The fraction of sp³-hybridized carbons (Fsp3) is 0.583. The number of hydrogen-bond donors (Lipinski definition) is 2. The molecule has 1 aromatic carbocycles. The fourth-order valence-corrected chi connectivity index (χ4v) is 5.75. The van der Waals surface area contributed by atoms with Crippen LogP contribution in [0.25, 0.3) is 10.8 Å². The Kier molecular flexibility index (Phi) is 5.06. The third-order valence-electron chi connectivity index (χ3n) is 7.12. The first kappa shape index (κ1) is 20.1. The third kappa shape index (κ3) is 3.61. The number of rotatable bonds is 5. The minimum Gasteiger partial charge on any atom is -0.389 e. The molecule has 2 aliphatic rings. The molecular formula is C24H32N2O3. The van der Waals surface area contributed by atoms with Crippen LogP contribution < -0.4 is 10.9 Å². The van der Waals surface area contributed by atoms with Crippen LogP contribution in [0, 0.1) is 17.3 Å². The number of aromatic nitrogens is 1. The van der Waals surface area contributed by atoms with Crippen molar-refractivity contribution in [3.05, 3.63) is 40.8 Å². The molecule has 29 heavy (non-hydrogen) atoms. The summed E-state index contributed by atoms with van der Waals surface area (Å²) in [7, 11) is 0. The zero-order valence-electron chi connectivity index (χ0n) is 17.7. The first-order valence-electron chi connectivity index (χ1n) is 10.9. The largest absolute Gasteiger partial charge is 0.389 e. The number of fused-ring (bicyclic) bond motifs is 3. The molecule has 1 amide bonds. The summed E-state index contributed by atoms with van der Waals surface area (Å²) >= 11 is 0. The van der Waals surface area contributed by atoms with Gasteiger partial charge in [-0.25, -0.2) is 0 Å². The molecule has 1 aromatic heterocycles. The van der Waals surface area contributed by atoms with Crippen LogP contribution in [0.4, 0.5) is 5.69 Å². The molecule has 2 fully saturated rings. The molecule has 0 radical (unpaired) electrons. The predicted molar refractivity (Wildman–Crippen MR) is 116 cm³/mol. The first-order chi connectivity index (χ1) is 13.7. The van der Waals surface area contributed by atoms with E-state index in [0.717, 1.165) is 24.6 Å². The second-order valence-electron chi connectivity index (χ2n) is 9.73. The Hall–Kier alpha value is -2.14. The van der Waals surface area contributed by atoms with Gasteiger partial charge in [0.15, 0.2) is 0 Å². The average Bonchev–Trinajstić information content (AvgIpc) is 2.93. The summed E-state index contributed by atoms with van der Waals surface area (Å²) in [6.45, 7) is 5.73. The molecule has 5 heteroatoms. The van der Waals surface area contributed by atoms with Crippen molar-refractivity contribution in [3.63, 3.8) is 0 Å². The number of nitrogens with zero attached hydrogens (tertiary/aromatic N) is 1. The minimum atomic E-state index is -0.975. The van der Waals surface area contributed by atoms with Crippen molar-refractivity contribution in [2.75, 3.05) is 5.32 Å². The molecule has 0 aliphatic heterocycles. The fourth-order valence-electron chi connectivity index (χ4n) is 5.75. The maximum atomic E-state index is 13.5. The summed E-state index contributed by atoms with van der Waals surface area (Å²) < 4.78 is 1.53. The van der Waals surface area contributed by atoms with Crippen molar-refractivity contribution in [3.8, 4) is 0 Å². The number of nitrogens with one attached hydrogen (secondary N) is 1. The Labute approximate surface area is 172 Å². The second-order valence-corrected chi connectivity index (χ2v) is 9.73. The van der Waals surface area contributed by atoms with Gasteiger partial charge in [-0.3, -0.25) is 9.59 Å². The Bertz CT molecular complexity index is 988. The second kappa shape index (κ2) is 7.28. The lowest BCUT2D eigenvalue weighted by Gasteiger charge is -2.33. The number of amides is 1. The predicted octanol–water partition coefficient (Wildman–Crippen LogP) is 4.32. The number of carbonyl (C=O) groups excluding carboxylic acids is 1. The summed E-state index contributed by atoms with van der Waals surface area (Å²) in [5.41, 5.74) is -0.701. The van der Waals surface area contributed by atoms with E-state index in [4.69, 9.17) is 0 Å². The van der Waals surface area contributed by atoms with E-state index in [2.05, 4.69) is 12.2 Å². The maximum Gasteiger partial charge on any atom is 0.258 e. The quantitative estimate of drug-likeness (QED) is 0.791. The van der Waals surface area contributed by atoms with Crippen molar-refractivity contribution in [1.29, 1.82) is 0 Å². The number of anilines is 1. The normalized spacial score (nSPS) is 26.6. The van der Waals surface area contributed by atoms with Crippen LogP contribution >= 0.6 is 0 Å². The summed E-state index contributed by atoms with van der Waals surface area (Å²) in [4.78, 5) is 26.4. The number of aliphatic hydroxyl groups is 1. The third-order valence-corrected chi connectivity index (χ3v) is 7.12. The first-order valence-corrected chi connectivity index (χ1v) is 10.9. The molecule has 156 valence electrons. The lowest BCUT2D eigenvalue weighted by atomic mass is 9.73. The molecule has 3 atom stereocenters. The molecule has 2 aliphatic carbocycles. The van der Waals surface area contributed by atoms with Crippen molar-refractivity contribution < 1.29 is 9.90 Å². The van der Waals surface area contributed by atoms with E-state index < -0.39 is 5.60 Å². The molecule has 0 spiro atoms. The molecule has 2 bridgehead atoms. The highest BCUT2D eigenvalue weighted by molar-refractivity contribution is 6.04. The van der Waals surface area contributed by atoms with Gasteiger partial charge in [-0.1, -0.05) is 25.8 Å². The highest BCUT2D eigenvalue weighted by Crippen LogP contribution is 2.55. The number of benzene rings is 1. The van der Waals surface area contributed by atoms with Crippen LogP contribution in [0.1, 0.15) is 59.3 Å². The maximum absolute atomic E-state index is 13.5. The zero-order valence-corrected chi connectivity index (χ0v) is 17.7. The molecule has 2 aromatic rings. The summed E-state index contributed by atoms with van der Waals surface area (Å²) in [5.74, 6) is 1.27. The van der Waals surface area contributed by atoms with E-state index in [1.54, 1.807) is 26.1 Å². The van der Waals surface area contributed by atoms with Crippen molar-refractivity contribution >= 4 is 22.4 Å². The number of pyridine rings is 1. The Balaban J connectivity index is 1.67. The molecule has 4 rings (SSSR count). The molecule has 0 saturated heterocycles. The molecule has 0 unspecified atom stereocenters. The SMILES string of the molecule is CC[C@@]1(C(=O)Nc2cccc3c(=O)n(CC(C)(C)O)ccc23)C[C@H]2CCC[C@H]1C2. The Morgan fingerprint density at radius 2 is 2.07 bits per heavy atom. The Morgan fingerprint density at radius 3 is 2.76 bits per heavy atom. The molecule has 2 saturated carbocycles. The molecular weight excluding hydrogens is 364 g/mol. The lowest BCUT2D eigenvalue weighted by Crippen LogP contribution is -2.38. The van der Waals surface area contributed by atoms with Crippen LogP contribution in [-0.4, -0.2) is 21.2 Å². The number of hydrogen-bond acceptors (Lipinski definition) is 3. The van der Waals surface area contributed by atoms with E-state index in [-0.39, 0.29) is 23.4 Å². The van der Waals surface area contributed by atoms with Crippen molar-refractivity contribution in [1.82, 2.24) is 4.57 Å². The van der Waals surface area contributed by atoms with Gasteiger partial charge in [-0.15, -0.1) is 0 Å². The van der Waals surface area contributed by atoms with Crippen molar-refractivity contribution in [2.45, 2.75) is 71.4 Å².